The molecule has 2 aliphatic heterocycles. The zero-order chi connectivity index (χ0) is 18.1. The van der Waals surface area contributed by atoms with Gasteiger partial charge in [0.1, 0.15) is 11.4 Å². The summed E-state index contributed by atoms with van der Waals surface area (Å²) >= 11 is 1.93. The Hall–Kier alpha value is -1.57. The van der Waals surface area contributed by atoms with Gasteiger partial charge in [0.25, 0.3) is 5.91 Å². The van der Waals surface area contributed by atoms with Crippen LogP contribution in [0, 0.1) is 12.7 Å². The molecule has 3 heterocycles. The molecule has 0 saturated carbocycles. The highest BCUT2D eigenvalue weighted by Gasteiger charge is 2.41. The first-order valence-electron chi connectivity index (χ1n) is 8.96. The van der Waals surface area contributed by atoms with E-state index < -0.39 is 0 Å². The number of ether oxygens (including phenoxy) is 1. The molecular weight excluding hydrogens is 355 g/mol. The van der Waals surface area contributed by atoms with Gasteiger partial charge in [0, 0.05) is 41.9 Å². The monoisotopic (exact) mass is 378 g/mol. The van der Waals surface area contributed by atoms with Crippen LogP contribution in [-0.4, -0.2) is 60.7 Å². The first-order chi connectivity index (χ1) is 12.6. The molecule has 1 atom stereocenters. The van der Waals surface area contributed by atoms with Crippen LogP contribution >= 0.6 is 11.8 Å². The molecule has 4 rings (SSSR count). The third kappa shape index (κ3) is 3.23. The van der Waals surface area contributed by atoms with Crippen LogP contribution in [0.2, 0.25) is 0 Å². The zero-order valence-electron chi connectivity index (χ0n) is 14.8. The van der Waals surface area contributed by atoms with Gasteiger partial charge in [0.2, 0.25) is 0 Å². The minimum Gasteiger partial charge on any atom is -0.451 e. The Morgan fingerprint density at radius 3 is 2.92 bits per heavy atom. The van der Waals surface area contributed by atoms with Gasteiger partial charge in [0.15, 0.2) is 5.76 Å². The summed E-state index contributed by atoms with van der Waals surface area (Å²) in [5.41, 5.74) is 1.20. The van der Waals surface area contributed by atoms with Crippen molar-refractivity contribution in [3.63, 3.8) is 0 Å². The smallest absolute Gasteiger partial charge is 0.287 e. The molecule has 1 unspecified atom stereocenters. The number of halogens is 1. The van der Waals surface area contributed by atoms with Crippen molar-refractivity contribution in [2.24, 2.45) is 0 Å². The highest BCUT2D eigenvalue weighted by Crippen LogP contribution is 2.34. The lowest BCUT2D eigenvalue weighted by atomic mass is 9.95. The number of carbonyl (C=O) groups is 1. The van der Waals surface area contributed by atoms with Crippen LogP contribution < -0.4 is 5.32 Å². The SMILES string of the molecule is Cc1c(C(=O)NCC2(N3CCOCC3)CCSC2)oc2ccc(F)cc12. The number of hydrogen-bond acceptors (Lipinski definition) is 5. The summed E-state index contributed by atoms with van der Waals surface area (Å²) in [5, 5.41) is 3.72. The Bertz CT molecular complexity index is 810. The summed E-state index contributed by atoms with van der Waals surface area (Å²) in [6.45, 7) is 5.68. The minimum atomic E-state index is -0.331. The van der Waals surface area contributed by atoms with Crippen LogP contribution in [0.4, 0.5) is 4.39 Å². The Morgan fingerprint density at radius 2 is 2.19 bits per heavy atom. The number of thioether (sulfide) groups is 1. The molecule has 1 aromatic carbocycles. The van der Waals surface area contributed by atoms with E-state index in [2.05, 4.69) is 10.2 Å². The molecule has 0 bridgehead atoms. The van der Waals surface area contributed by atoms with Crippen molar-refractivity contribution in [3.05, 3.63) is 35.3 Å². The molecule has 140 valence electrons. The second-order valence-corrected chi connectivity index (χ2v) is 8.11. The Labute approximate surface area is 156 Å². The van der Waals surface area contributed by atoms with Gasteiger partial charge in [-0.3, -0.25) is 9.69 Å². The summed E-state index contributed by atoms with van der Waals surface area (Å²) in [6, 6.07) is 4.32. The van der Waals surface area contributed by atoms with E-state index in [1.54, 1.807) is 13.0 Å². The fourth-order valence-corrected chi connectivity index (χ4v) is 5.35. The molecule has 2 aliphatic rings. The number of rotatable bonds is 4. The average Bonchev–Trinajstić information content (AvgIpc) is 3.27. The molecule has 2 saturated heterocycles. The molecule has 2 aromatic rings. The van der Waals surface area contributed by atoms with E-state index in [1.165, 1.54) is 12.1 Å². The largest absolute Gasteiger partial charge is 0.451 e. The Morgan fingerprint density at radius 1 is 1.38 bits per heavy atom. The fourth-order valence-electron chi connectivity index (χ4n) is 3.87. The first kappa shape index (κ1) is 17.8. The Balaban J connectivity index is 1.51. The number of morpholine rings is 1. The van der Waals surface area contributed by atoms with Crippen molar-refractivity contribution in [3.8, 4) is 0 Å². The van der Waals surface area contributed by atoms with E-state index in [0.717, 1.165) is 44.2 Å². The quantitative estimate of drug-likeness (QED) is 0.887. The van der Waals surface area contributed by atoms with Gasteiger partial charge in [-0.25, -0.2) is 4.39 Å². The number of benzene rings is 1. The van der Waals surface area contributed by atoms with Crippen LogP contribution in [0.5, 0.6) is 0 Å². The standard InChI is InChI=1S/C19H23FN2O3S/c1-13-15-10-14(20)2-3-16(15)25-17(13)18(23)21-11-19(4-9-26-12-19)22-5-7-24-8-6-22/h2-3,10H,4-9,11-12H2,1H3,(H,21,23). The van der Waals surface area contributed by atoms with Crippen molar-refractivity contribution < 1.29 is 18.3 Å². The number of hydrogen-bond donors (Lipinski definition) is 1. The zero-order valence-corrected chi connectivity index (χ0v) is 15.7. The van der Waals surface area contributed by atoms with E-state index >= 15 is 0 Å². The third-order valence-corrected chi connectivity index (χ3v) is 6.68. The molecule has 5 nitrogen and oxygen atoms in total. The molecule has 26 heavy (non-hydrogen) atoms. The molecule has 0 aliphatic carbocycles. The summed E-state index contributed by atoms with van der Waals surface area (Å²) in [6.07, 6.45) is 1.06. The number of nitrogens with one attached hydrogen (secondary N) is 1. The van der Waals surface area contributed by atoms with Crippen molar-refractivity contribution in [1.82, 2.24) is 10.2 Å². The van der Waals surface area contributed by atoms with Gasteiger partial charge >= 0.3 is 0 Å². The van der Waals surface area contributed by atoms with Crippen LogP contribution in [0.25, 0.3) is 11.0 Å². The summed E-state index contributed by atoms with van der Waals surface area (Å²) in [7, 11) is 0. The van der Waals surface area contributed by atoms with Crippen LogP contribution in [0.3, 0.4) is 0 Å². The second kappa shape index (κ2) is 7.21. The lowest BCUT2D eigenvalue weighted by Crippen LogP contribution is -2.59. The predicted molar refractivity (Wildman–Crippen MR) is 100 cm³/mol. The maximum absolute atomic E-state index is 13.5. The van der Waals surface area contributed by atoms with E-state index in [9.17, 15) is 9.18 Å². The van der Waals surface area contributed by atoms with Crippen molar-refractivity contribution in [2.75, 3.05) is 44.4 Å². The first-order valence-corrected chi connectivity index (χ1v) is 10.1. The topological polar surface area (TPSA) is 54.7 Å². The summed E-state index contributed by atoms with van der Waals surface area (Å²) in [4.78, 5) is 15.2. The number of furan rings is 1. The number of fused-ring (bicyclic) bond motifs is 1. The normalized spacial score (nSPS) is 24.2. The second-order valence-electron chi connectivity index (χ2n) is 7.01. The van der Waals surface area contributed by atoms with E-state index in [1.807, 2.05) is 11.8 Å². The fraction of sp³-hybridized carbons (Fsp3) is 0.526. The maximum atomic E-state index is 13.5. The van der Waals surface area contributed by atoms with Gasteiger partial charge in [-0.2, -0.15) is 11.8 Å². The van der Waals surface area contributed by atoms with E-state index in [0.29, 0.717) is 23.1 Å². The Kier molecular flexibility index (Phi) is 4.94. The third-order valence-electron chi connectivity index (χ3n) is 5.45. The lowest BCUT2D eigenvalue weighted by molar-refractivity contribution is -0.0129. The summed E-state index contributed by atoms with van der Waals surface area (Å²) < 4.78 is 24.6. The van der Waals surface area contributed by atoms with Gasteiger partial charge in [0.05, 0.1) is 13.2 Å². The van der Waals surface area contributed by atoms with Gasteiger partial charge in [-0.05, 0) is 37.3 Å². The van der Waals surface area contributed by atoms with Gasteiger partial charge in [-0.1, -0.05) is 0 Å². The number of amides is 1. The molecule has 0 radical (unpaired) electrons. The average molecular weight is 378 g/mol. The van der Waals surface area contributed by atoms with Gasteiger partial charge in [-0.15, -0.1) is 0 Å². The lowest BCUT2D eigenvalue weighted by Gasteiger charge is -2.42. The maximum Gasteiger partial charge on any atom is 0.287 e. The minimum absolute atomic E-state index is 0.0177. The summed E-state index contributed by atoms with van der Waals surface area (Å²) in [5.74, 6) is 1.83. The molecule has 1 aromatic heterocycles. The number of aryl methyl sites for hydroxylation is 1. The van der Waals surface area contributed by atoms with Crippen LogP contribution in [-0.2, 0) is 4.74 Å². The molecule has 0 spiro atoms. The van der Waals surface area contributed by atoms with Crippen molar-refractivity contribution in [1.29, 1.82) is 0 Å². The number of nitrogens with zero attached hydrogens (tertiary/aromatic N) is 1. The predicted octanol–water partition coefficient (Wildman–Crippen LogP) is 2.82. The molecule has 7 heteroatoms. The molecule has 2 fully saturated rings. The van der Waals surface area contributed by atoms with E-state index in [4.69, 9.17) is 9.15 Å². The highest BCUT2D eigenvalue weighted by atomic mass is 32.2. The van der Waals surface area contributed by atoms with Crippen molar-refractivity contribution in [2.45, 2.75) is 18.9 Å². The highest BCUT2D eigenvalue weighted by molar-refractivity contribution is 7.99. The molecular formula is C19H23FN2O3S. The van der Waals surface area contributed by atoms with Crippen LogP contribution in [0.1, 0.15) is 22.5 Å². The number of carbonyl (C=O) groups excluding carboxylic acids is 1. The van der Waals surface area contributed by atoms with Crippen LogP contribution in [0.15, 0.2) is 22.6 Å². The van der Waals surface area contributed by atoms with Gasteiger partial charge < -0.3 is 14.5 Å². The van der Waals surface area contributed by atoms with Crippen molar-refractivity contribution >= 4 is 28.6 Å². The van der Waals surface area contributed by atoms with E-state index in [-0.39, 0.29) is 23.0 Å². The molecule has 1 N–H and O–H groups in total. The molecule has 1 amide bonds.